The van der Waals surface area contributed by atoms with Gasteiger partial charge in [-0.2, -0.15) is 0 Å². The number of likely N-dealkylation sites (N-methyl/N-ethyl adjacent to an activating group) is 1. The molecule has 1 atom stereocenters. The summed E-state index contributed by atoms with van der Waals surface area (Å²) >= 11 is 1.71. The summed E-state index contributed by atoms with van der Waals surface area (Å²) in [7, 11) is 3.46. The van der Waals surface area contributed by atoms with E-state index in [1.54, 1.807) is 25.4 Å². The summed E-state index contributed by atoms with van der Waals surface area (Å²) in [6.07, 6.45) is 2.78. The Hall–Kier alpha value is -0.940. The van der Waals surface area contributed by atoms with Crippen molar-refractivity contribution in [3.63, 3.8) is 0 Å². The molecule has 1 rings (SSSR count). The van der Waals surface area contributed by atoms with Crippen LogP contribution in [-0.2, 0) is 9.53 Å². The Labute approximate surface area is 178 Å². The number of carbonyl (C=O) groups excluding carboxylic acids is 1. The maximum atomic E-state index is 11.8. The van der Waals surface area contributed by atoms with Crippen LogP contribution in [0.5, 0.6) is 0 Å². The summed E-state index contributed by atoms with van der Waals surface area (Å²) in [5.74, 6) is 0.893. The van der Waals surface area contributed by atoms with Crippen molar-refractivity contribution in [3.05, 3.63) is 16.1 Å². The molecule has 1 amide bonds. The number of aliphatic imine (C=N–C) groups is 1. The molecule has 1 aromatic heterocycles. The Kier molecular flexibility index (Phi) is 13.6. The third-order valence-corrected chi connectivity index (χ3v) is 4.61. The molecule has 9 heteroatoms. The standard InChI is InChI=1S/C17H31N5O2S.HI/c1-6-24-9-7-8-18-17(21-12-15(23)22(4)5)20-10-13(2)16-19-11-14(3)25-16;/h11,13H,6-10,12H2,1-5H3,(H2,18,20,21);1H. The molecule has 0 aliphatic carbocycles. The number of rotatable bonds is 10. The summed E-state index contributed by atoms with van der Waals surface area (Å²) in [4.78, 5) is 23.3. The van der Waals surface area contributed by atoms with E-state index in [0.29, 0.717) is 19.1 Å². The van der Waals surface area contributed by atoms with E-state index in [0.717, 1.165) is 24.6 Å². The van der Waals surface area contributed by atoms with E-state index in [9.17, 15) is 4.79 Å². The minimum absolute atomic E-state index is 0. The summed E-state index contributed by atoms with van der Waals surface area (Å²) in [5.41, 5.74) is 0. The SMILES string of the molecule is CCOCCCNC(=NCC(=O)N(C)C)NCC(C)c1ncc(C)s1.I. The second kappa shape index (κ2) is 14.2. The lowest BCUT2D eigenvalue weighted by Crippen LogP contribution is -2.40. The highest BCUT2D eigenvalue weighted by Crippen LogP contribution is 2.20. The first-order valence-corrected chi connectivity index (χ1v) is 9.48. The number of aryl methyl sites for hydroxylation is 1. The lowest BCUT2D eigenvalue weighted by Gasteiger charge is -2.16. The molecule has 0 aromatic carbocycles. The number of amides is 1. The van der Waals surface area contributed by atoms with E-state index >= 15 is 0 Å². The Bertz CT molecular complexity index is 551. The van der Waals surface area contributed by atoms with Gasteiger partial charge in [0.05, 0.1) is 5.01 Å². The molecule has 1 heterocycles. The van der Waals surface area contributed by atoms with Crippen LogP contribution < -0.4 is 10.6 Å². The highest BCUT2D eigenvalue weighted by atomic mass is 127. The topological polar surface area (TPSA) is 78.8 Å². The molecule has 2 N–H and O–H groups in total. The van der Waals surface area contributed by atoms with Crippen LogP contribution in [-0.4, -0.2) is 68.7 Å². The third kappa shape index (κ3) is 10.3. The van der Waals surface area contributed by atoms with Gasteiger partial charge in [-0.15, -0.1) is 35.3 Å². The first-order valence-electron chi connectivity index (χ1n) is 8.66. The van der Waals surface area contributed by atoms with Gasteiger partial charge in [-0.3, -0.25) is 4.79 Å². The minimum Gasteiger partial charge on any atom is -0.382 e. The van der Waals surface area contributed by atoms with Gasteiger partial charge in [-0.25, -0.2) is 9.98 Å². The largest absolute Gasteiger partial charge is 0.382 e. The molecule has 0 spiro atoms. The van der Waals surface area contributed by atoms with Crippen LogP contribution in [0.1, 0.15) is 36.1 Å². The van der Waals surface area contributed by atoms with Crippen LogP contribution in [0.2, 0.25) is 0 Å². The smallest absolute Gasteiger partial charge is 0.243 e. The molecule has 26 heavy (non-hydrogen) atoms. The van der Waals surface area contributed by atoms with Crippen molar-refractivity contribution >= 4 is 47.2 Å². The Morgan fingerprint density at radius 3 is 2.73 bits per heavy atom. The quantitative estimate of drug-likeness (QED) is 0.224. The van der Waals surface area contributed by atoms with E-state index in [1.807, 2.05) is 13.1 Å². The maximum absolute atomic E-state index is 11.8. The molecular formula is C17H32IN5O2S. The second-order valence-corrected chi connectivity index (χ2v) is 7.29. The molecule has 0 saturated carbocycles. The molecular weight excluding hydrogens is 465 g/mol. The summed E-state index contributed by atoms with van der Waals surface area (Å²) in [6, 6.07) is 0. The number of halogens is 1. The van der Waals surface area contributed by atoms with Gasteiger partial charge in [0.25, 0.3) is 0 Å². The van der Waals surface area contributed by atoms with Crippen LogP contribution in [0.15, 0.2) is 11.2 Å². The van der Waals surface area contributed by atoms with Gasteiger partial charge in [0.2, 0.25) is 5.91 Å². The Morgan fingerprint density at radius 2 is 2.15 bits per heavy atom. The highest BCUT2D eigenvalue weighted by molar-refractivity contribution is 14.0. The van der Waals surface area contributed by atoms with Crippen LogP contribution in [0.25, 0.3) is 0 Å². The zero-order valence-electron chi connectivity index (χ0n) is 16.4. The van der Waals surface area contributed by atoms with Gasteiger partial charge in [-0.1, -0.05) is 6.92 Å². The van der Waals surface area contributed by atoms with Crippen LogP contribution >= 0.6 is 35.3 Å². The number of hydrogen-bond donors (Lipinski definition) is 2. The predicted octanol–water partition coefficient (Wildman–Crippen LogP) is 2.22. The summed E-state index contributed by atoms with van der Waals surface area (Å²) in [6.45, 7) is 9.18. The third-order valence-electron chi connectivity index (χ3n) is 3.47. The molecule has 0 saturated heterocycles. The van der Waals surface area contributed by atoms with Crippen LogP contribution in [0.3, 0.4) is 0 Å². The van der Waals surface area contributed by atoms with E-state index in [-0.39, 0.29) is 42.3 Å². The molecule has 0 bridgehead atoms. The molecule has 1 unspecified atom stereocenters. The second-order valence-electron chi connectivity index (χ2n) is 6.02. The molecule has 0 aliphatic heterocycles. The molecule has 0 radical (unpaired) electrons. The fourth-order valence-electron chi connectivity index (χ4n) is 1.92. The van der Waals surface area contributed by atoms with Gasteiger partial charge >= 0.3 is 0 Å². The van der Waals surface area contributed by atoms with E-state index < -0.39 is 0 Å². The maximum Gasteiger partial charge on any atom is 0.243 e. The highest BCUT2D eigenvalue weighted by Gasteiger charge is 2.11. The normalized spacial score (nSPS) is 12.3. The zero-order chi connectivity index (χ0) is 18.7. The van der Waals surface area contributed by atoms with Crippen LogP contribution in [0, 0.1) is 6.92 Å². The Morgan fingerprint density at radius 1 is 1.42 bits per heavy atom. The predicted molar refractivity (Wildman–Crippen MR) is 119 cm³/mol. The zero-order valence-corrected chi connectivity index (χ0v) is 19.5. The molecule has 0 fully saturated rings. The number of nitrogens with zero attached hydrogens (tertiary/aromatic N) is 3. The summed E-state index contributed by atoms with van der Waals surface area (Å²) < 4.78 is 5.34. The van der Waals surface area contributed by atoms with Crippen molar-refractivity contribution in [1.82, 2.24) is 20.5 Å². The van der Waals surface area contributed by atoms with Gasteiger partial charge in [-0.05, 0) is 20.3 Å². The van der Waals surface area contributed by atoms with E-state index in [1.165, 1.54) is 9.78 Å². The van der Waals surface area contributed by atoms with Crippen molar-refractivity contribution in [2.75, 3.05) is 46.9 Å². The molecule has 7 nitrogen and oxygen atoms in total. The number of ether oxygens (including phenoxy) is 1. The average molecular weight is 497 g/mol. The van der Waals surface area contributed by atoms with Gasteiger partial charge < -0.3 is 20.3 Å². The van der Waals surface area contributed by atoms with Crippen LogP contribution in [0.4, 0.5) is 0 Å². The number of thiazole rings is 1. The molecule has 150 valence electrons. The molecule has 1 aromatic rings. The van der Waals surface area contributed by atoms with Crippen molar-refractivity contribution < 1.29 is 9.53 Å². The fraction of sp³-hybridized carbons (Fsp3) is 0.706. The lowest BCUT2D eigenvalue weighted by atomic mass is 10.2. The molecule has 0 aliphatic rings. The van der Waals surface area contributed by atoms with Gasteiger partial charge in [0.1, 0.15) is 6.54 Å². The van der Waals surface area contributed by atoms with E-state index in [2.05, 4.69) is 34.5 Å². The minimum atomic E-state index is -0.0287. The van der Waals surface area contributed by atoms with E-state index in [4.69, 9.17) is 4.74 Å². The fourth-order valence-corrected chi connectivity index (χ4v) is 2.75. The number of hydrogen-bond acceptors (Lipinski definition) is 5. The number of carbonyl (C=O) groups is 1. The van der Waals surface area contributed by atoms with Crippen molar-refractivity contribution in [1.29, 1.82) is 0 Å². The summed E-state index contributed by atoms with van der Waals surface area (Å²) in [5, 5.41) is 7.66. The van der Waals surface area contributed by atoms with Gasteiger partial charge in [0.15, 0.2) is 5.96 Å². The lowest BCUT2D eigenvalue weighted by molar-refractivity contribution is -0.127. The average Bonchev–Trinajstić information content (AvgIpc) is 3.02. The van der Waals surface area contributed by atoms with Crippen molar-refractivity contribution in [2.45, 2.75) is 33.1 Å². The Balaban J connectivity index is 0.00000625. The first kappa shape index (κ1) is 25.1. The van der Waals surface area contributed by atoms with Crippen molar-refractivity contribution in [3.8, 4) is 0 Å². The number of nitrogens with one attached hydrogen (secondary N) is 2. The first-order chi connectivity index (χ1) is 11.9. The van der Waals surface area contributed by atoms with Crippen molar-refractivity contribution in [2.24, 2.45) is 4.99 Å². The van der Waals surface area contributed by atoms with Gasteiger partial charge in [0, 0.05) is 57.4 Å². The number of aromatic nitrogens is 1. The monoisotopic (exact) mass is 497 g/mol. The number of guanidine groups is 1.